The number of hydrogen-bond donors (Lipinski definition) is 0. The maximum atomic E-state index is 14.2. The van der Waals surface area contributed by atoms with Gasteiger partial charge in [-0.1, -0.05) is 18.2 Å². The van der Waals surface area contributed by atoms with Crippen LogP contribution in [0.15, 0.2) is 48.5 Å². The van der Waals surface area contributed by atoms with E-state index in [1.54, 1.807) is 49.4 Å². The summed E-state index contributed by atoms with van der Waals surface area (Å²) in [6, 6.07) is 13.5. The Bertz CT molecular complexity index is 1690. The largest absolute Gasteiger partial charge is 0.378 e. The molecule has 2 aromatic carbocycles. The van der Waals surface area contributed by atoms with Crippen molar-refractivity contribution in [1.29, 1.82) is 0 Å². The number of morpholine rings is 1. The predicted octanol–water partition coefficient (Wildman–Crippen LogP) is 5.52. The van der Waals surface area contributed by atoms with Gasteiger partial charge in [0, 0.05) is 44.2 Å². The molecule has 8 nitrogen and oxygen atoms in total. The van der Waals surface area contributed by atoms with Crippen molar-refractivity contribution in [1.82, 2.24) is 24.4 Å². The molecule has 224 valence electrons. The highest BCUT2D eigenvalue weighted by atomic mass is 19.3. The van der Waals surface area contributed by atoms with Crippen LogP contribution in [0.25, 0.3) is 16.9 Å². The lowest BCUT2D eigenvalue weighted by Gasteiger charge is -2.28. The quantitative estimate of drug-likeness (QED) is 0.282. The fraction of sp³-hybridized carbons (Fsp3) is 0.438. The molecule has 7 rings (SSSR count). The second kappa shape index (κ2) is 10.9. The molecule has 1 aliphatic carbocycles. The molecule has 2 atom stereocenters. The molecule has 2 saturated heterocycles. The van der Waals surface area contributed by atoms with E-state index >= 15 is 0 Å². The molecule has 4 aromatic rings. The van der Waals surface area contributed by atoms with Crippen molar-refractivity contribution in [2.45, 2.75) is 39.0 Å². The first-order valence-electron chi connectivity index (χ1n) is 14.8. The number of ether oxygens (including phenoxy) is 1. The summed E-state index contributed by atoms with van der Waals surface area (Å²) in [6.45, 7) is 5.41. The number of aryl methyl sites for hydroxylation is 1. The average Bonchev–Trinajstić information content (AvgIpc) is 3.32. The molecule has 1 saturated carbocycles. The Hall–Kier alpha value is -3.99. The number of rotatable bonds is 7. The van der Waals surface area contributed by atoms with Crippen molar-refractivity contribution in [2.24, 2.45) is 11.3 Å². The second-order valence-corrected chi connectivity index (χ2v) is 11.9. The molecule has 2 aliphatic heterocycles. The third-order valence-electron chi connectivity index (χ3n) is 9.34. The van der Waals surface area contributed by atoms with Gasteiger partial charge in [-0.3, -0.25) is 9.36 Å². The van der Waals surface area contributed by atoms with Crippen LogP contribution < -0.4 is 4.90 Å². The second-order valence-electron chi connectivity index (χ2n) is 11.9. The Labute approximate surface area is 247 Å². The standard InChI is InChI=1S/C32H33F3N6O2/c1-20-22(5-4-6-23(20)33)31(42)40-12-11-32(19-40)18-21(32)9-10-26-37-27(39-13-15-43-16-14-39)17-28(38-26)41-25-8-3-2-7-24(25)36-30(41)29(34)35/h2-8,17,21,29H,9-16,18-19H2,1H3/t21?,32-/m0/s1. The van der Waals surface area contributed by atoms with Crippen molar-refractivity contribution < 1.29 is 22.7 Å². The van der Waals surface area contributed by atoms with Gasteiger partial charge in [0.05, 0.1) is 24.2 Å². The van der Waals surface area contributed by atoms with E-state index in [1.165, 1.54) is 10.6 Å². The normalized spacial score (nSPS) is 21.8. The number of fused-ring (bicyclic) bond motifs is 1. The molecule has 0 radical (unpaired) electrons. The monoisotopic (exact) mass is 590 g/mol. The number of benzene rings is 2. The molecule has 43 heavy (non-hydrogen) atoms. The zero-order valence-corrected chi connectivity index (χ0v) is 24.0. The van der Waals surface area contributed by atoms with Gasteiger partial charge >= 0.3 is 0 Å². The number of hydrogen-bond acceptors (Lipinski definition) is 6. The molecule has 11 heteroatoms. The number of alkyl halides is 2. The summed E-state index contributed by atoms with van der Waals surface area (Å²) < 4.78 is 49.4. The molecule has 0 bridgehead atoms. The van der Waals surface area contributed by atoms with E-state index in [0.717, 1.165) is 19.3 Å². The topological polar surface area (TPSA) is 76.4 Å². The molecule has 1 amide bonds. The van der Waals surface area contributed by atoms with Gasteiger partial charge in [0.2, 0.25) is 0 Å². The van der Waals surface area contributed by atoms with Crippen molar-refractivity contribution in [3.63, 3.8) is 0 Å². The van der Waals surface area contributed by atoms with Crippen LogP contribution in [0.4, 0.5) is 19.0 Å². The Kier molecular flexibility index (Phi) is 7.07. The maximum absolute atomic E-state index is 14.2. The summed E-state index contributed by atoms with van der Waals surface area (Å²) in [7, 11) is 0. The number of amides is 1. The number of likely N-dealkylation sites (tertiary alicyclic amines) is 1. The fourth-order valence-corrected chi connectivity index (χ4v) is 6.80. The van der Waals surface area contributed by atoms with Crippen LogP contribution in [0.5, 0.6) is 0 Å². The molecule has 4 heterocycles. The van der Waals surface area contributed by atoms with Gasteiger partial charge in [-0.2, -0.15) is 0 Å². The third kappa shape index (κ3) is 5.13. The summed E-state index contributed by atoms with van der Waals surface area (Å²) in [5.74, 6) is 1.24. The number of para-hydroxylation sites is 2. The Morgan fingerprint density at radius 2 is 1.84 bits per heavy atom. The van der Waals surface area contributed by atoms with Crippen LogP contribution in [0.3, 0.4) is 0 Å². The van der Waals surface area contributed by atoms with Gasteiger partial charge in [0.15, 0.2) is 5.82 Å². The highest BCUT2D eigenvalue weighted by Gasteiger charge is 2.57. The molecule has 3 aliphatic rings. The smallest absolute Gasteiger partial charge is 0.296 e. The van der Waals surface area contributed by atoms with E-state index in [-0.39, 0.29) is 23.0 Å². The number of carbonyl (C=O) groups is 1. The summed E-state index contributed by atoms with van der Waals surface area (Å²) in [4.78, 5) is 31.0. The Balaban J connectivity index is 1.12. The molecular weight excluding hydrogens is 557 g/mol. The van der Waals surface area contributed by atoms with Crippen molar-refractivity contribution in [3.8, 4) is 5.82 Å². The van der Waals surface area contributed by atoms with Gasteiger partial charge < -0.3 is 14.5 Å². The van der Waals surface area contributed by atoms with E-state index in [9.17, 15) is 18.0 Å². The minimum Gasteiger partial charge on any atom is -0.378 e. The third-order valence-corrected chi connectivity index (χ3v) is 9.34. The average molecular weight is 591 g/mol. The van der Waals surface area contributed by atoms with E-state index in [0.29, 0.717) is 91.4 Å². The highest BCUT2D eigenvalue weighted by molar-refractivity contribution is 5.96. The zero-order valence-electron chi connectivity index (χ0n) is 24.0. The number of anilines is 1. The maximum Gasteiger partial charge on any atom is 0.296 e. The summed E-state index contributed by atoms with van der Waals surface area (Å²) in [6.07, 6.45) is 0.575. The van der Waals surface area contributed by atoms with Crippen LogP contribution in [0, 0.1) is 24.1 Å². The van der Waals surface area contributed by atoms with Crippen molar-refractivity contribution in [2.75, 3.05) is 44.3 Å². The first-order valence-corrected chi connectivity index (χ1v) is 14.8. The first-order chi connectivity index (χ1) is 20.8. The van der Waals surface area contributed by atoms with E-state index in [2.05, 4.69) is 9.88 Å². The minimum atomic E-state index is -2.77. The lowest BCUT2D eigenvalue weighted by Crippen LogP contribution is -2.37. The van der Waals surface area contributed by atoms with Crippen LogP contribution in [0.1, 0.15) is 53.3 Å². The van der Waals surface area contributed by atoms with Gasteiger partial charge in [-0.25, -0.2) is 28.1 Å². The van der Waals surface area contributed by atoms with E-state index in [1.807, 2.05) is 4.90 Å². The summed E-state index contributed by atoms with van der Waals surface area (Å²) in [5.41, 5.74) is 1.92. The fourth-order valence-electron chi connectivity index (χ4n) is 6.80. The van der Waals surface area contributed by atoms with E-state index < -0.39 is 6.43 Å². The van der Waals surface area contributed by atoms with Crippen LogP contribution in [-0.2, 0) is 11.2 Å². The molecule has 0 N–H and O–H groups in total. The van der Waals surface area contributed by atoms with Gasteiger partial charge in [-0.05, 0) is 67.3 Å². The zero-order chi connectivity index (χ0) is 29.7. The van der Waals surface area contributed by atoms with Crippen LogP contribution in [-0.4, -0.2) is 69.7 Å². The lowest BCUT2D eigenvalue weighted by atomic mass is 10.00. The van der Waals surface area contributed by atoms with E-state index in [4.69, 9.17) is 14.7 Å². The summed E-state index contributed by atoms with van der Waals surface area (Å²) in [5, 5.41) is 0. The SMILES string of the molecule is Cc1c(F)cccc1C(=O)N1CC[C@]2(CC2CCc2nc(N3CCOCC3)cc(-n3c(C(F)F)nc4ccccc43)n2)C1. The van der Waals surface area contributed by atoms with Crippen LogP contribution in [0.2, 0.25) is 0 Å². The van der Waals surface area contributed by atoms with Crippen molar-refractivity contribution in [3.05, 3.63) is 77.1 Å². The lowest BCUT2D eigenvalue weighted by molar-refractivity contribution is 0.0782. The number of imidazole rings is 1. The van der Waals surface area contributed by atoms with Crippen LogP contribution >= 0.6 is 0 Å². The molecular formula is C32H33F3N6O2. The molecule has 1 unspecified atom stereocenters. The molecule has 3 fully saturated rings. The number of nitrogens with zero attached hydrogens (tertiary/aromatic N) is 6. The molecule has 2 aromatic heterocycles. The Morgan fingerprint density at radius 3 is 2.65 bits per heavy atom. The molecule has 1 spiro atoms. The van der Waals surface area contributed by atoms with Crippen molar-refractivity contribution >= 4 is 22.8 Å². The number of halogens is 3. The van der Waals surface area contributed by atoms with Gasteiger partial charge in [0.25, 0.3) is 12.3 Å². The predicted molar refractivity (Wildman–Crippen MR) is 155 cm³/mol. The Morgan fingerprint density at radius 1 is 1.05 bits per heavy atom. The first kappa shape index (κ1) is 27.8. The minimum absolute atomic E-state index is 0.0605. The number of aromatic nitrogens is 4. The van der Waals surface area contributed by atoms with Gasteiger partial charge in [-0.15, -0.1) is 0 Å². The highest BCUT2D eigenvalue weighted by Crippen LogP contribution is 2.60. The number of carbonyl (C=O) groups excluding carboxylic acids is 1. The van der Waals surface area contributed by atoms with Gasteiger partial charge in [0.1, 0.15) is 23.3 Å². The summed E-state index contributed by atoms with van der Waals surface area (Å²) >= 11 is 0.